The number of aryl methyl sites for hydroxylation is 1. The molecule has 150 valence electrons. The van der Waals surface area contributed by atoms with Crippen molar-refractivity contribution in [1.82, 2.24) is 4.57 Å². The van der Waals surface area contributed by atoms with E-state index in [-0.39, 0.29) is 18.2 Å². The number of esters is 1. The SMILES string of the molecule is Cc1cc(C(=O)COC(=O)C2(O)CCCCC2)c(C)n1Cc1ccc(F)cc1. The molecule has 0 atom stereocenters. The second-order valence-electron chi connectivity index (χ2n) is 7.59. The molecule has 0 saturated heterocycles. The minimum absolute atomic E-state index is 0.290. The fourth-order valence-corrected chi connectivity index (χ4v) is 3.78. The summed E-state index contributed by atoms with van der Waals surface area (Å²) in [6, 6.07) is 8.01. The Balaban J connectivity index is 1.67. The van der Waals surface area contributed by atoms with E-state index in [0.717, 1.165) is 36.2 Å². The molecule has 6 heteroatoms. The molecule has 1 aromatic heterocycles. The van der Waals surface area contributed by atoms with E-state index < -0.39 is 11.6 Å². The Kier molecular flexibility index (Phi) is 5.98. The molecule has 1 fully saturated rings. The van der Waals surface area contributed by atoms with Crippen molar-refractivity contribution in [2.75, 3.05) is 6.61 Å². The van der Waals surface area contributed by atoms with Gasteiger partial charge in [0.25, 0.3) is 0 Å². The summed E-state index contributed by atoms with van der Waals surface area (Å²) >= 11 is 0. The van der Waals surface area contributed by atoms with Crippen LogP contribution in [-0.4, -0.2) is 33.6 Å². The Morgan fingerprint density at radius 1 is 1.14 bits per heavy atom. The third kappa shape index (κ3) is 4.33. The zero-order valence-electron chi connectivity index (χ0n) is 16.3. The quantitative estimate of drug-likeness (QED) is 0.606. The van der Waals surface area contributed by atoms with Crippen molar-refractivity contribution in [3.8, 4) is 0 Å². The second-order valence-corrected chi connectivity index (χ2v) is 7.59. The third-order valence-electron chi connectivity index (χ3n) is 5.52. The van der Waals surface area contributed by atoms with Gasteiger partial charge in [0, 0.05) is 23.5 Å². The summed E-state index contributed by atoms with van der Waals surface area (Å²) in [5.74, 6) is -1.30. The van der Waals surface area contributed by atoms with Gasteiger partial charge in [0.05, 0.1) is 0 Å². The first-order valence-electron chi connectivity index (χ1n) is 9.64. The van der Waals surface area contributed by atoms with Gasteiger partial charge in [-0.2, -0.15) is 0 Å². The molecule has 28 heavy (non-hydrogen) atoms. The number of aliphatic hydroxyl groups is 1. The lowest BCUT2D eigenvalue weighted by Gasteiger charge is -2.29. The molecule has 1 aliphatic rings. The number of rotatable bonds is 6. The Hall–Kier alpha value is -2.47. The maximum Gasteiger partial charge on any atom is 0.338 e. The van der Waals surface area contributed by atoms with E-state index in [0.29, 0.717) is 24.9 Å². The predicted molar refractivity (Wildman–Crippen MR) is 103 cm³/mol. The van der Waals surface area contributed by atoms with Gasteiger partial charge < -0.3 is 14.4 Å². The molecule has 0 spiro atoms. The average molecular weight is 387 g/mol. The molecule has 1 aliphatic carbocycles. The molecule has 0 amide bonds. The van der Waals surface area contributed by atoms with Crippen molar-refractivity contribution in [2.45, 2.75) is 58.1 Å². The number of ketones is 1. The molecule has 0 radical (unpaired) electrons. The number of carbonyl (C=O) groups is 2. The van der Waals surface area contributed by atoms with Gasteiger partial charge in [0.1, 0.15) is 5.82 Å². The highest BCUT2D eigenvalue weighted by atomic mass is 19.1. The Morgan fingerprint density at radius 3 is 2.43 bits per heavy atom. The standard InChI is InChI=1S/C22H26FNO4/c1-15-12-19(16(2)24(15)13-17-6-8-18(23)9-7-17)20(25)14-28-21(26)22(27)10-4-3-5-11-22/h6-9,12,27H,3-5,10-11,13-14H2,1-2H3. The lowest BCUT2D eigenvalue weighted by atomic mass is 9.85. The van der Waals surface area contributed by atoms with Gasteiger partial charge in [-0.3, -0.25) is 4.79 Å². The highest BCUT2D eigenvalue weighted by Crippen LogP contribution is 2.29. The van der Waals surface area contributed by atoms with Crippen LogP contribution in [0.15, 0.2) is 30.3 Å². The zero-order valence-corrected chi connectivity index (χ0v) is 16.3. The first-order valence-corrected chi connectivity index (χ1v) is 9.64. The van der Waals surface area contributed by atoms with Gasteiger partial charge in [0.15, 0.2) is 12.2 Å². The predicted octanol–water partition coefficient (Wildman–Crippen LogP) is 3.71. The van der Waals surface area contributed by atoms with Crippen LogP contribution in [-0.2, 0) is 16.1 Å². The molecule has 0 unspecified atom stereocenters. The average Bonchev–Trinajstić information content (AvgIpc) is 2.96. The number of ether oxygens (including phenoxy) is 1. The van der Waals surface area contributed by atoms with E-state index in [9.17, 15) is 19.1 Å². The van der Waals surface area contributed by atoms with E-state index in [1.165, 1.54) is 12.1 Å². The van der Waals surface area contributed by atoms with E-state index in [2.05, 4.69) is 0 Å². The smallest absolute Gasteiger partial charge is 0.338 e. The number of nitrogens with zero attached hydrogens (tertiary/aromatic N) is 1. The number of hydrogen-bond donors (Lipinski definition) is 1. The molecule has 1 heterocycles. The summed E-state index contributed by atoms with van der Waals surface area (Å²) in [4.78, 5) is 24.8. The Labute approximate surface area is 164 Å². The normalized spacial score (nSPS) is 16.0. The molecular formula is C22H26FNO4. The van der Waals surface area contributed by atoms with Crippen LogP contribution in [0.3, 0.4) is 0 Å². The Morgan fingerprint density at radius 2 is 1.79 bits per heavy atom. The van der Waals surface area contributed by atoms with Crippen LogP contribution in [0.1, 0.15) is 59.4 Å². The monoisotopic (exact) mass is 387 g/mol. The van der Waals surface area contributed by atoms with Gasteiger partial charge in [-0.05, 0) is 63.3 Å². The molecule has 0 aliphatic heterocycles. The van der Waals surface area contributed by atoms with E-state index in [4.69, 9.17) is 4.74 Å². The van der Waals surface area contributed by atoms with Crippen LogP contribution in [0.25, 0.3) is 0 Å². The minimum Gasteiger partial charge on any atom is -0.455 e. The number of halogens is 1. The van der Waals surface area contributed by atoms with Gasteiger partial charge in [0.2, 0.25) is 5.78 Å². The number of hydrogen-bond acceptors (Lipinski definition) is 4. The summed E-state index contributed by atoms with van der Waals surface area (Å²) < 4.78 is 20.2. The van der Waals surface area contributed by atoms with Gasteiger partial charge in [-0.15, -0.1) is 0 Å². The van der Waals surface area contributed by atoms with Gasteiger partial charge in [-0.1, -0.05) is 18.6 Å². The van der Waals surface area contributed by atoms with Gasteiger partial charge >= 0.3 is 5.97 Å². The Bertz CT molecular complexity index is 863. The fourth-order valence-electron chi connectivity index (χ4n) is 3.78. The van der Waals surface area contributed by atoms with Crippen LogP contribution in [0.4, 0.5) is 4.39 Å². The van der Waals surface area contributed by atoms with Crippen LogP contribution < -0.4 is 0 Å². The summed E-state index contributed by atoms with van der Waals surface area (Å²) in [5.41, 5.74) is 1.61. The molecule has 3 rings (SSSR count). The van der Waals surface area contributed by atoms with Crippen molar-refractivity contribution < 1.29 is 23.8 Å². The second kappa shape index (κ2) is 8.27. The maximum atomic E-state index is 13.1. The van der Waals surface area contributed by atoms with Crippen molar-refractivity contribution in [2.24, 2.45) is 0 Å². The summed E-state index contributed by atoms with van der Waals surface area (Å²) in [5, 5.41) is 10.4. The van der Waals surface area contributed by atoms with Crippen molar-refractivity contribution >= 4 is 11.8 Å². The molecule has 5 nitrogen and oxygen atoms in total. The molecule has 1 aromatic carbocycles. The summed E-state index contributed by atoms with van der Waals surface area (Å²) in [6.07, 6.45) is 3.32. The first kappa shape index (κ1) is 20.3. The van der Waals surface area contributed by atoms with E-state index in [1.54, 1.807) is 18.2 Å². The molecule has 0 bridgehead atoms. The zero-order chi connectivity index (χ0) is 20.3. The lowest BCUT2D eigenvalue weighted by Crippen LogP contribution is -2.42. The highest BCUT2D eigenvalue weighted by molar-refractivity contribution is 5.99. The van der Waals surface area contributed by atoms with Crippen LogP contribution in [0.5, 0.6) is 0 Å². The first-order chi connectivity index (χ1) is 13.3. The largest absolute Gasteiger partial charge is 0.455 e. The van der Waals surface area contributed by atoms with Crippen LogP contribution in [0.2, 0.25) is 0 Å². The van der Waals surface area contributed by atoms with Crippen LogP contribution in [0, 0.1) is 19.7 Å². The third-order valence-corrected chi connectivity index (χ3v) is 5.52. The molecular weight excluding hydrogens is 361 g/mol. The number of carbonyl (C=O) groups excluding carboxylic acids is 2. The van der Waals surface area contributed by atoms with Gasteiger partial charge in [-0.25, -0.2) is 9.18 Å². The maximum absolute atomic E-state index is 13.1. The summed E-state index contributed by atoms with van der Waals surface area (Å²) in [6.45, 7) is 3.86. The van der Waals surface area contributed by atoms with Crippen LogP contribution >= 0.6 is 0 Å². The fraction of sp³-hybridized carbons (Fsp3) is 0.455. The minimum atomic E-state index is -1.46. The number of Topliss-reactive ketones (excluding diaryl/α,β-unsaturated/α-hetero) is 1. The molecule has 2 aromatic rings. The summed E-state index contributed by atoms with van der Waals surface area (Å²) in [7, 11) is 0. The van der Waals surface area contributed by atoms with E-state index in [1.807, 2.05) is 18.4 Å². The van der Waals surface area contributed by atoms with Crippen molar-refractivity contribution in [1.29, 1.82) is 0 Å². The highest BCUT2D eigenvalue weighted by Gasteiger charge is 2.39. The number of benzene rings is 1. The molecule has 1 N–H and O–H groups in total. The van der Waals surface area contributed by atoms with E-state index >= 15 is 0 Å². The van der Waals surface area contributed by atoms with Crippen molar-refractivity contribution in [3.63, 3.8) is 0 Å². The lowest BCUT2D eigenvalue weighted by molar-refractivity contribution is -0.167. The van der Waals surface area contributed by atoms with Crippen molar-refractivity contribution in [3.05, 3.63) is 58.7 Å². The number of aromatic nitrogens is 1. The molecule has 1 saturated carbocycles. The topological polar surface area (TPSA) is 68.5 Å².